The molecule has 0 fully saturated rings. The average molecular weight is 333 g/mol. The zero-order valence-electron chi connectivity index (χ0n) is 11.2. The van der Waals surface area contributed by atoms with E-state index in [0.717, 1.165) is 5.56 Å². The van der Waals surface area contributed by atoms with E-state index in [4.69, 9.17) is 27.7 Å². The SMILES string of the molecule is O=C(Nc1ccc(Cl)cc1Cl)c1cc(-c2ccccc2)on1. The molecular formula is C16H10Cl2N2O2. The number of amides is 1. The van der Waals surface area contributed by atoms with Crippen molar-refractivity contribution in [1.29, 1.82) is 0 Å². The maximum absolute atomic E-state index is 12.2. The van der Waals surface area contributed by atoms with E-state index >= 15 is 0 Å². The number of halogens is 2. The van der Waals surface area contributed by atoms with Crippen molar-refractivity contribution in [3.8, 4) is 11.3 Å². The van der Waals surface area contributed by atoms with Gasteiger partial charge in [-0.25, -0.2) is 0 Å². The third-order valence-electron chi connectivity index (χ3n) is 2.98. The van der Waals surface area contributed by atoms with Crippen LogP contribution in [0.4, 0.5) is 5.69 Å². The van der Waals surface area contributed by atoms with Gasteiger partial charge < -0.3 is 9.84 Å². The second-order valence-corrected chi connectivity index (χ2v) is 5.36. The summed E-state index contributed by atoms with van der Waals surface area (Å²) in [5.41, 5.74) is 1.48. The maximum atomic E-state index is 12.2. The minimum Gasteiger partial charge on any atom is -0.355 e. The van der Waals surface area contributed by atoms with E-state index in [1.165, 1.54) is 0 Å². The van der Waals surface area contributed by atoms with Crippen LogP contribution in [-0.4, -0.2) is 11.1 Å². The monoisotopic (exact) mass is 332 g/mol. The number of carbonyl (C=O) groups excluding carboxylic acids is 1. The molecule has 1 heterocycles. The van der Waals surface area contributed by atoms with Gasteiger partial charge in [0.15, 0.2) is 11.5 Å². The molecule has 0 atom stereocenters. The van der Waals surface area contributed by atoms with Crippen LogP contribution in [0.5, 0.6) is 0 Å². The lowest BCUT2D eigenvalue weighted by atomic mass is 10.1. The Morgan fingerprint density at radius 2 is 1.82 bits per heavy atom. The van der Waals surface area contributed by atoms with Gasteiger partial charge in [0.1, 0.15) is 0 Å². The molecule has 0 spiro atoms. The molecule has 1 N–H and O–H groups in total. The number of benzene rings is 2. The maximum Gasteiger partial charge on any atom is 0.277 e. The molecule has 0 saturated heterocycles. The van der Waals surface area contributed by atoms with Crippen molar-refractivity contribution in [3.63, 3.8) is 0 Å². The lowest BCUT2D eigenvalue weighted by molar-refractivity contribution is 0.101. The van der Waals surface area contributed by atoms with Gasteiger partial charge in [0.25, 0.3) is 5.91 Å². The van der Waals surface area contributed by atoms with E-state index in [-0.39, 0.29) is 5.69 Å². The van der Waals surface area contributed by atoms with Gasteiger partial charge in [0, 0.05) is 16.7 Å². The van der Waals surface area contributed by atoms with E-state index in [1.807, 2.05) is 30.3 Å². The number of carbonyl (C=O) groups is 1. The number of rotatable bonds is 3. The van der Waals surface area contributed by atoms with Crippen LogP contribution in [0.25, 0.3) is 11.3 Å². The number of nitrogens with zero attached hydrogens (tertiary/aromatic N) is 1. The van der Waals surface area contributed by atoms with Gasteiger partial charge in [-0.3, -0.25) is 4.79 Å². The third kappa shape index (κ3) is 3.13. The number of nitrogens with one attached hydrogen (secondary N) is 1. The first-order valence-electron chi connectivity index (χ1n) is 6.42. The minimum atomic E-state index is -0.407. The molecule has 0 radical (unpaired) electrons. The highest BCUT2D eigenvalue weighted by molar-refractivity contribution is 6.36. The van der Waals surface area contributed by atoms with Gasteiger partial charge in [-0.15, -0.1) is 0 Å². The van der Waals surface area contributed by atoms with Crippen LogP contribution in [-0.2, 0) is 0 Å². The Hall–Kier alpha value is -2.30. The third-order valence-corrected chi connectivity index (χ3v) is 3.53. The first kappa shape index (κ1) is 14.6. The second kappa shape index (κ2) is 6.22. The molecule has 2 aromatic carbocycles. The molecule has 1 aromatic heterocycles. The van der Waals surface area contributed by atoms with E-state index < -0.39 is 5.91 Å². The van der Waals surface area contributed by atoms with Crippen LogP contribution in [0.3, 0.4) is 0 Å². The molecule has 1 amide bonds. The predicted octanol–water partition coefficient (Wildman–Crippen LogP) is 4.90. The van der Waals surface area contributed by atoms with E-state index in [0.29, 0.717) is 21.5 Å². The van der Waals surface area contributed by atoms with Gasteiger partial charge in [-0.05, 0) is 18.2 Å². The van der Waals surface area contributed by atoms with Crippen molar-refractivity contribution in [2.45, 2.75) is 0 Å². The zero-order valence-corrected chi connectivity index (χ0v) is 12.7. The summed E-state index contributed by atoms with van der Waals surface area (Å²) in [7, 11) is 0. The number of hydrogen-bond acceptors (Lipinski definition) is 3. The fourth-order valence-electron chi connectivity index (χ4n) is 1.90. The lowest BCUT2D eigenvalue weighted by Gasteiger charge is -2.05. The Morgan fingerprint density at radius 3 is 2.55 bits per heavy atom. The molecule has 0 aliphatic carbocycles. The normalized spacial score (nSPS) is 10.5. The molecule has 0 unspecified atom stereocenters. The summed E-state index contributed by atoms with van der Waals surface area (Å²) in [5.74, 6) is 0.114. The van der Waals surface area contributed by atoms with Gasteiger partial charge in [-0.1, -0.05) is 58.7 Å². The fraction of sp³-hybridized carbons (Fsp3) is 0. The standard InChI is InChI=1S/C16H10Cl2N2O2/c17-11-6-7-13(12(18)8-11)19-16(21)14-9-15(22-20-14)10-4-2-1-3-5-10/h1-9H,(H,19,21). The minimum absolute atomic E-state index is 0.171. The molecule has 4 nitrogen and oxygen atoms in total. The van der Waals surface area contributed by atoms with Gasteiger partial charge in [0.2, 0.25) is 0 Å². The van der Waals surface area contributed by atoms with Gasteiger partial charge in [-0.2, -0.15) is 0 Å². The Balaban J connectivity index is 1.80. The molecule has 110 valence electrons. The fourth-order valence-corrected chi connectivity index (χ4v) is 2.35. The molecule has 0 saturated carbocycles. The summed E-state index contributed by atoms with van der Waals surface area (Å²) >= 11 is 11.8. The number of hydrogen-bond donors (Lipinski definition) is 1. The van der Waals surface area contributed by atoms with Crippen LogP contribution in [0, 0.1) is 0 Å². The smallest absolute Gasteiger partial charge is 0.277 e. The first-order valence-corrected chi connectivity index (χ1v) is 7.17. The van der Waals surface area contributed by atoms with Gasteiger partial charge in [0.05, 0.1) is 10.7 Å². The molecule has 3 rings (SSSR count). The lowest BCUT2D eigenvalue weighted by Crippen LogP contribution is -2.12. The van der Waals surface area contributed by atoms with Crippen LogP contribution in [0.2, 0.25) is 10.0 Å². The van der Waals surface area contributed by atoms with Crippen LogP contribution in [0.1, 0.15) is 10.5 Å². The summed E-state index contributed by atoms with van der Waals surface area (Å²) in [6, 6.07) is 15.8. The van der Waals surface area contributed by atoms with Crippen molar-refractivity contribution in [2.24, 2.45) is 0 Å². The van der Waals surface area contributed by atoms with Crippen molar-refractivity contribution in [2.75, 3.05) is 5.32 Å². The van der Waals surface area contributed by atoms with E-state index in [1.54, 1.807) is 24.3 Å². The number of aromatic nitrogens is 1. The molecule has 3 aromatic rings. The van der Waals surface area contributed by atoms with Crippen molar-refractivity contribution in [1.82, 2.24) is 5.16 Å². The Morgan fingerprint density at radius 1 is 1.05 bits per heavy atom. The Kier molecular flexibility index (Phi) is 4.13. The first-order chi connectivity index (χ1) is 10.6. The molecule has 6 heteroatoms. The van der Waals surface area contributed by atoms with Crippen LogP contribution < -0.4 is 5.32 Å². The Labute approximate surface area is 136 Å². The van der Waals surface area contributed by atoms with E-state index in [9.17, 15) is 4.79 Å². The Bertz CT molecular complexity index is 816. The topological polar surface area (TPSA) is 55.1 Å². The number of anilines is 1. The molecular weight excluding hydrogens is 323 g/mol. The van der Waals surface area contributed by atoms with Crippen molar-refractivity contribution < 1.29 is 9.32 Å². The summed E-state index contributed by atoms with van der Waals surface area (Å²) < 4.78 is 5.19. The van der Waals surface area contributed by atoms with Gasteiger partial charge >= 0.3 is 0 Å². The molecule has 0 aliphatic rings. The van der Waals surface area contributed by atoms with Crippen molar-refractivity contribution >= 4 is 34.8 Å². The summed E-state index contributed by atoms with van der Waals surface area (Å²) in [6.45, 7) is 0. The summed E-state index contributed by atoms with van der Waals surface area (Å²) in [6.07, 6.45) is 0. The summed E-state index contributed by atoms with van der Waals surface area (Å²) in [5, 5.41) is 7.30. The molecule has 0 bridgehead atoms. The molecule has 22 heavy (non-hydrogen) atoms. The second-order valence-electron chi connectivity index (χ2n) is 4.52. The average Bonchev–Trinajstić information content (AvgIpc) is 3.01. The van der Waals surface area contributed by atoms with Crippen LogP contribution in [0.15, 0.2) is 59.1 Å². The quantitative estimate of drug-likeness (QED) is 0.742. The largest absolute Gasteiger partial charge is 0.355 e. The van der Waals surface area contributed by atoms with Crippen molar-refractivity contribution in [3.05, 3.63) is 70.3 Å². The highest BCUT2D eigenvalue weighted by atomic mass is 35.5. The van der Waals surface area contributed by atoms with E-state index in [2.05, 4.69) is 10.5 Å². The van der Waals surface area contributed by atoms with Crippen LogP contribution >= 0.6 is 23.2 Å². The highest BCUT2D eigenvalue weighted by Gasteiger charge is 2.15. The zero-order chi connectivity index (χ0) is 15.5. The highest BCUT2D eigenvalue weighted by Crippen LogP contribution is 2.26. The summed E-state index contributed by atoms with van der Waals surface area (Å²) in [4.78, 5) is 12.2. The predicted molar refractivity (Wildman–Crippen MR) is 86.4 cm³/mol. The molecule has 0 aliphatic heterocycles.